The molecule has 0 saturated heterocycles. The third-order valence-electron chi connectivity index (χ3n) is 5.60. The third kappa shape index (κ3) is 4.70. The molecule has 5 rings (SSSR count). The van der Waals surface area contributed by atoms with Crippen LogP contribution in [0.1, 0.15) is 29.6 Å². The van der Waals surface area contributed by atoms with E-state index in [4.69, 9.17) is 9.97 Å². The van der Waals surface area contributed by atoms with Crippen molar-refractivity contribution in [1.29, 1.82) is 0 Å². The molecule has 3 aromatic heterocycles. The number of hydrogen-bond acceptors (Lipinski definition) is 5. The fraction of sp³-hybridized carbons (Fsp3) is 0.148. The van der Waals surface area contributed by atoms with Crippen LogP contribution < -0.4 is 0 Å². The van der Waals surface area contributed by atoms with Gasteiger partial charge in [0, 0.05) is 54.4 Å². The Balaban J connectivity index is 1.43. The first-order valence-electron chi connectivity index (χ1n) is 11.0. The second kappa shape index (κ2) is 9.53. The lowest BCUT2D eigenvalue weighted by molar-refractivity contribution is 0.0979. The molecular formula is C27H23N5O. The number of imidazole rings is 1. The molecular weight excluding hydrogens is 410 g/mol. The number of ketones is 1. The van der Waals surface area contributed by atoms with Crippen molar-refractivity contribution in [1.82, 2.24) is 24.5 Å². The second-order valence-electron chi connectivity index (χ2n) is 7.91. The van der Waals surface area contributed by atoms with Gasteiger partial charge in [-0.2, -0.15) is 0 Å². The molecule has 162 valence electrons. The summed E-state index contributed by atoms with van der Waals surface area (Å²) < 4.78 is 2.03. The van der Waals surface area contributed by atoms with E-state index in [2.05, 4.69) is 9.97 Å². The predicted molar refractivity (Wildman–Crippen MR) is 129 cm³/mol. The molecule has 0 N–H and O–H groups in total. The van der Waals surface area contributed by atoms with Crippen LogP contribution in [0, 0.1) is 0 Å². The summed E-state index contributed by atoms with van der Waals surface area (Å²) in [5.74, 6) is 0.124. The zero-order valence-corrected chi connectivity index (χ0v) is 18.1. The van der Waals surface area contributed by atoms with Crippen LogP contribution in [-0.4, -0.2) is 30.3 Å². The lowest BCUT2D eigenvalue weighted by atomic mass is 10.0. The summed E-state index contributed by atoms with van der Waals surface area (Å²) in [5.41, 5.74) is 5.58. The number of nitrogens with zero attached hydrogens (tertiary/aromatic N) is 5. The van der Waals surface area contributed by atoms with Crippen molar-refractivity contribution >= 4 is 16.8 Å². The highest BCUT2D eigenvalue weighted by molar-refractivity contribution is 5.99. The van der Waals surface area contributed by atoms with Crippen molar-refractivity contribution in [3.63, 3.8) is 0 Å². The lowest BCUT2D eigenvalue weighted by Crippen LogP contribution is -2.02. The maximum absolute atomic E-state index is 12.8. The quantitative estimate of drug-likeness (QED) is 0.235. The minimum Gasteiger partial charge on any atom is -0.337 e. The van der Waals surface area contributed by atoms with Crippen LogP contribution in [0.3, 0.4) is 0 Å². The number of fused-ring (bicyclic) bond motifs is 1. The highest BCUT2D eigenvalue weighted by Gasteiger charge is 2.15. The molecule has 0 aliphatic heterocycles. The van der Waals surface area contributed by atoms with Gasteiger partial charge >= 0.3 is 0 Å². The molecule has 6 heteroatoms. The summed E-state index contributed by atoms with van der Waals surface area (Å²) in [6, 6.07) is 19.5. The first-order valence-corrected chi connectivity index (χ1v) is 11.0. The van der Waals surface area contributed by atoms with Gasteiger partial charge in [-0.05, 0) is 43.2 Å². The molecule has 0 aliphatic carbocycles. The number of benzene rings is 2. The summed E-state index contributed by atoms with van der Waals surface area (Å²) in [4.78, 5) is 31.0. The number of rotatable bonds is 8. The number of unbranched alkanes of at least 4 members (excludes halogenated alkanes) is 1. The summed E-state index contributed by atoms with van der Waals surface area (Å²) >= 11 is 0. The van der Waals surface area contributed by atoms with Gasteiger partial charge in [0.1, 0.15) is 0 Å². The van der Waals surface area contributed by atoms with E-state index in [9.17, 15) is 4.79 Å². The van der Waals surface area contributed by atoms with Crippen LogP contribution in [0.4, 0.5) is 0 Å². The molecule has 0 unspecified atom stereocenters. The minimum atomic E-state index is 0.124. The molecule has 2 aromatic carbocycles. The van der Waals surface area contributed by atoms with Crippen molar-refractivity contribution in [3.8, 4) is 22.5 Å². The van der Waals surface area contributed by atoms with E-state index in [1.54, 1.807) is 24.9 Å². The van der Waals surface area contributed by atoms with Crippen molar-refractivity contribution in [2.75, 3.05) is 0 Å². The zero-order valence-electron chi connectivity index (χ0n) is 18.1. The molecule has 5 aromatic rings. The Morgan fingerprint density at radius 1 is 0.788 bits per heavy atom. The van der Waals surface area contributed by atoms with Crippen LogP contribution in [0.5, 0.6) is 0 Å². The van der Waals surface area contributed by atoms with Gasteiger partial charge in [0.2, 0.25) is 0 Å². The number of pyridine rings is 1. The molecule has 0 fully saturated rings. The highest BCUT2D eigenvalue weighted by atomic mass is 16.1. The van der Waals surface area contributed by atoms with Gasteiger partial charge < -0.3 is 4.57 Å². The summed E-state index contributed by atoms with van der Waals surface area (Å²) in [6.45, 7) is 0.868. The van der Waals surface area contributed by atoms with E-state index in [1.165, 1.54) is 0 Å². The maximum atomic E-state index is 12.8. The van der Waals surface area contributed by atoms with E-state index in [0.717, 1.165) is 47.4 Å². The Kier molecular flexibility index (Phi) is 5.97. The zero-order chi connectivity index (χ0) is 22.5. The number of hydrogen-bond donors (Lipinski definition) is 0. The number of aromatic nitrogens is 5. The number of aryl methyl sites for hydroxylation is 1. The molecule has 3 heterocycles. The van der Waals surface area contributed by atoms with E-state index >= 15 is 0 Å². The van der Waals surface area contributed by atoms with Crippen LogP contribution in [0.2, 0.25) is 0 Å². The van der Waals surface area contributed by atoms with Gasteiger partial charge in [-0.15, -0.1) is 0 Å². The normalized spacial score (nSPS) is 11.0. The Morgan fingerprint density at radius 3 is 2.39 bits per heavy atom. The lowest BCUT2D eigenvalue weighted by Gasteiger charge is -2.11. The number of Topliss-reactive ketones (excluding diaryl/α,β-unsaturated/α-hetero) is 1. The molecule has 6 nitrogen and oxygen atoms in total. The van der Waals surface area contributed by atoms with Gasteiger partial charge in [-0.25, -0.2) is 15.0 Å². The summed E-state index contributed by atoms with van der Waals surface area (Å²) in [5, 5.41) is 0. The summed E-state index contributed by atoms with van der Waals surface area (Å²) in [6.07, 6.45) is 11.3. The second-order valence-corrected chi connectivity index (χ2v) is 7.91. The van der Waals surface area contributed by atoms with Gasteiger partial charge in [0.25, 0.3) is 0 Å². The van der Waals surface area contributed by atoms with Crippen LogP contribution in [-0.2, 0) is 6.54 Å². The molecule has 0 atom stereocenters. The summed E-state index contributed by atoms with van der Waals surface area (Å²) in [7, 11) is 0. The first-order chi connectivity index (χ1) is 16.3. The smallest absolute Gasteiger partial charge is 0.162 e. The average molecular weight is 434 g/mol. The van der Waals surface area contributed by atoms with Crippen molar-refractivity contribution in [3.05, 3.63) is 97.3 Å². The van der Waals surface area contributed by atoms with Crippen molar-refractivity contribution < 1.29 is 4.79 Å². The topological polar surface area (TPSA) is 73.6 Å². The van der Waals surface area contributed by atoms with Gasteiger partial charge in [-0.3, -0.25) is 9.78 Å². The highest BCUT2D eigenvalue weighted by Crippen LogP contribution is 2.30. The fourth-order valence-electron chi connectivity index (χ4n) is 3.87. The van der Waals surface area contributed by atoms with Crippen molar-refractivity contribution in [2.24, 2.45) is 0 Å². The largest absolute Gasteiger partial charge is 0.337 e. The van der Waals surface area contributed by atoms with Gasteiger partial charge in [0.15, 0.2) is 5.78 Å². The van der Waals surface area contributed by atoms with E-state index in [-0.39, 0.29) is 5.78 Å². The van der Waals surface area contributed by atoms with Crippen LogP contribution in [0.15, 0.2) is 91.8 Å². The molecule has 0 radical (unpaired) electrons. The van der Waals surface area contributed by atoms with E-state index in [0.29, 0.717) is 17.5 Å². The third-order valence-corrected chi connectivity index (χ3v) is 5.60. The fourth-order valence-corrected chi connectivity index (χ4v) is 3.87. The first kappa shape index (κ1) is 20.7. The van der Waals surface area contributed by atoms with Gasteiger partial charge in [0.05, 0.1) is 28.7 Å². The van der Waals surface area contributed by atoms with E-state index < -0.39 is 0 Å². The van der Waals surface area contributed by atoms with E-state index in [1.807, 2.05) is 71.4 Å². The Bertz CT molecular complexity index is 1370. The molecule has 0 bridgehead atoms. The Morgan fingerprint density at radius 2 is 1.61 bits per heavy atom. The molecule has 0 amide bonds. The molecule has 33 heavy (non-hydrogen) atoms. The Hall–Kier alpha value is -4.19. The minimum absolute atomic E-state index is 0.124. The van der Waals surface area contributed by atoms with Crippen LogP contribution in [0.25, 0.3) is 33.5 Å². The molecule has 0 saturated carbocycles. The van der Waals surface area contributed by atoms with Crippen LogP contribution >= 0.6 is 0 Å². The molecule has 0 spiro atoms. The standard InChI is InChI=1S/C27H23N5O/c33-25(10-4-5-15-32-16-14-29-19-32)21-11-12-23-24(17-21)31-27(22-9-6-13-28-18-22)26(30-23)20-7-2-1-3-8-20/h1-3,6-9,11-14,16-19H,4-5,10,15H2. The maximum Gasteiger partial charge on any atom is 0.162 e. The van der Waals surface area contributed by atoms with Crippen molar-refractivity contribution in [2.45, 2.75) is 25.8 Å². The van der Waals surface area contributed by atoms with Gasteiger partial charge in [-0.1, -0.05) is 30.3 Å². The predicted octanol–water partition coefficient (Wildman–Crippen LogP) is 5.61. The molecule has 0 aliphatic rings. The SMILES string of the molecule is O=C(CCCCn1ccnc1)c1ccc2nc(-c3ccccc3)c(-c3cccnc3)nc2c1. The Labute approximate surface area is 192 Å². The number of carbonyl (C=O) groups is 1. The number of carbonyl (C=O) groups excluding carboxylic acids is 1. The average Bonchev–Trinajstić information content (AvgIpc) is 3.40. The monoisotopic (exact) mass is 433 g/mol.